The van der Waals surface area contributed by atoms with E-state index in [0.29, 0.717) is 19.4 Å². The van der Waals surface area contributed by atoms with Crippen molar-refractivity contribution in [2.75, 3.05) is 39.5 Å². The summed E-state index contributed by atoms with van der Waals surface area (Å²) < 4.78 is 36.2. The molecule has 0 aliphatic rings. The van der Waals surface area contributed by atoms with Gasteiger partial charge in [-0.1, -0.05) is 397 Å². The van der Waals surface area contributed by atoms with Gasteiger partial charge in [-0.15, -0.1) is 0 Å². The van der Waals surface area contributed by atoms with Crippen LogP contribution in [0.3, 0.4) is 0 Å². The molecule has 0 aliphatic heterocycles. The average Bonchev–Trinajstić information content (AvgIpc) is 0.979. The third-order valence-electron chi connectivity index (χ3n) is 21.1. The summed E-state index contributed by atoms with van der Waals surface area (Å²) in [6, 6.07) is 0. The van der Waals surface area contributed by atoms with Gasteiger partial charge in [-0.2, -0.15) is 0 Å². The Morgan fingerprint density at radius 1 is 0.282 bits per heavy atom. The molecule has 2 atom stereocenters. The summed E-state index contributed by atoms with van der Waals surface area (Å²) in [5.41, 5.74) is 0. The van der Waals surface area contributed by atoms with Crippen LogP contribution in [0.5, 0.6) is 0 Å². The number of phosphoric acid groups is 1. The number of carbonyl (C=O) groups excluding carboxylic acids is 2. The minimum absolute atomic E-state index is 0.0619. The highest BCUT2D eigenvalue weighted by molar-refractivity contribution is 7.47. The molecule has 1 N–H and O–H groups in total. The second-order valence-corrected chi connectivity index (χ2v) is 32.9. The molecule has 10 heteroatoms. The minimum atomic E-state index is -4.51. The summed E-state index contributed by atoms with van der Waals surface area (Å²) >= 11 is 0. The van der Waals surface area contributed by atoms with Crippen LogP contribution in [0.2, 0.25) is 0 Å². The molecular formula is C93H178NO8P. The predicted octanol–water partition coefficient (Wildman–Crippen LogP) is 31.3. The summed E-state index contributed by atoms with van der Waals surface area (Å²) in [5.74, 6) is -0.755. The molecule has 9 nitrogen and oxygen atoms in total. The van der Waals surface area contributed by atoms with Gasteiger partial charge in [-0.25, -0.2) is 4.57 Å². The maximum absolute atomic E-state index is 13.5. The van der Waals surface area contributed by atoms with Gasteiger partial charge in [-0.05, 0) is 142 Å². The highest BCUT2D eigenvalue weighted by Crippen LogP contribution is 2.43. The maximum atomic E-state index is 13.5. The van der Waals surface area contributed by atoms with E-state index in [4.69, 9.17) is 18.5 Å². The van der Waals surface area contributed by atoms with Crippen molar-refractivity contribution in [3.8, 4) is 0 Å². The van der Waals surface area contributed by atoms with Crippen LogP contribution >= 0.6 is 7.82 Å². The summed E-state index contributed by atoms with van der Waals surface area (Å²) in [6.45, 7) is 11.0. The smallest absolute Gasteiger partial charge is 0.462 e. The van der Waals surface area contributed by atoms with Gasteiger partial charge in [0, 0.05) is 19.4 Å². The number of nitrogens with zero attached hydrogens (tertiary/aromatic N) is 1. The molecule has 0 heterocycles. The quantitative estimate of drug-likeness (QED) is 0.0275. The highest BCUT2D eigenvalue weighted by Gasteiger charge is 2.27. The van der Waals surface area contributed by atoms with E-state index in [1.807, 2.05) is 0 Å². The zero-order chi connectivity index (χ0) is 74.4. The molecule has 0 saturated heterocycles. The highest BCUT2D eigenvalue weighted by atomic mass is 31.2. The summed E-state index contributed by atoms with van der Waals surface area (Å²) in [6.07, 6.45) is 108. The van der Waals surface area contributed by atoms with Crippen LogP contribution in [-0.4, -0.2) is 67.3 Å². The zero-order valence-corrected chi connectivity index (χ0v) is 70.4. The van der Waals surface area contributed by atoms with Crippen LogP contribution in [0.4, 0.5) is 0 Å². The number of carbonyl (C=O) groups is 2. The Kier molecular flexibility index (Phi) is 85.5. The van der Waals surface area contributed by atoms with E-state index in [2.05, 4.69) is 81.2 Å². The first-order chi connectivity index (χ1) is 50.8. The first kappa shape index (κ1) is 101. The Bertz CT molecular complexity index is 1800. The minimum Gasteiger partial charge on any atom is -0.462 e. The first-order valence-electron chi connectivity index (χ1n) is 46.1. The van der Waals surface area contributed by atoms with Crippen LogP contribution in [-0.2, 0) is 32.7 Å². The van der Waals surface area contributed by atoms with Crippen molar-refractivity contribution < 1.29 is 37.6 Å². The molecule has 0 fully saturated rings. The van der Waals surface area contributed by atoms with Crippen molar-refractivity contribution in [2.45, 2.75) is 496 Å². The number of phosphoric ester groups is 1. The van der Waals surface area contributed by atoms with E-state index < -0.39 is 26.5 Å². The van der Waals surface area contributed by atoms with E-state index in [1.165, 1.54) is 392 Å². The molecule has 0 aliphatic carbocycles. The van der Waals surface area contributed by atoms with Crippen molar-refractivity contribution in [2.24, 2.45) is 0 Å². The van der Waals surface area contributed by atoms with E-state index in [-0.39, 0.29) is 25.6 Å². The zero-order valence-electron chi connectivity index (χ0n) is 69.5. The third kappa shape index (κ3) is 85.4. The van der Waals surface area contributed by atoms with Crippen LogP contribution in [0, 0.1) is 0 Å². The molecule has 0 amide bonds. The normalized spacial score (nSPS) is 13.0. The Balaban J connectivity index is 5.16. The van der Waals surface area contributed by atoms with Gasteiger partial charge >= 0.3 is 19.8 Å². The molecule has 103 heavy (non-hydrogen) atoms. The largest absolute Gasteiger partial charge is 0.472 e. The van der Waals surface area contributed by atoms with Crippen molar-refractivity contribution in [1.29, 1.82) is 0 Å². The molecule has 0 radical (unpaired) electrons. The van der Waals surface area contributed by atoms with Crippen LogP contribution in [0.1, 0.15) is 490 Å². The van der Waals surface area contributed by atoms with Gasteiger partial charge in [-0.3, -0.25) is 18.6 Å². The van der Waals surface area contributed by atoms with Gasteiger partial charge < -0.3 is 19.3 Å². The number of rotatable bonds is 88. The van der Waals surface area contributed by atoms with E-state index in [9.17, 15) is 19.0 Å². The average molecular weight is 1470 g/mol. The molecule has 0 saturated carbocycles. The van der Waals surface area contributed by atoms with Crippen molar-refractivity contribution >= 4 is 19.8 Å². The Labute approximate surface area is 642 Å². The van der Waals surface area contributed by atoms with Gasteiger partial charge in [0.1, 0.15) is 6.61 Å². The molecule has 0 bridgehead atoms. The molecule has 0 spiro atoms. The first-order valence-corrected chi connectivity index (χ1v) is 47.6. The standard InChI is InChI=1S/C93H178NO8P/c1-5-9-13-17-21-25-29-33-37-41-45-49-53-57-61-65-69-73-77-81-85-94(86-82-78-74-70-66-62-58-54-50-46-42-38-34-30-26-22-18-14-10-6-2)87-88-100-103(97,98)101-90-91(102-93(96)84-80-76-72-68-64-60-56-52-48-44-40-36-32-28-24-20-16-12-8-4)89-99-92(95)83-79-75-71-67-63-59-55-51-47-43-39-35-31-27-23-19-15-11-7-3/h33-40,91H,5-32,41-90H2,1-4H3,(H,97,98)/b37-33-,38-34-,39-35-,40-36-/t91-/m1/s1. The summed E-state index contributed by atoms with van der Waals surface area (Å²) in [4.78, 5) is 39.7. The summed E-state index contributed by atoms with van der Waals surface area (Å²) in [5, 5.41) is 0. The van der Waals surface area contributed by atoms with Crippen LogP contribution < -0.4 is 0 Å². The van der Waals surface area contributed by atoms with Gasteiger partial charge in [0.15, 0.2) is 6.10 Å². The topological polar surface area (TPSA) is 112 Å². The van der Waals surface area contributed by atoms with Crippen LogP contribution in [0.15, 0.2) is 48.6 Å². The van der Waals surface area contributed by atoms with E-state index >= 15 is 0 Å². The molecule has 1 unspecified atom stereocenters. The number of unbranched alkanes of at least 4 members (excludes halogenated alkanes) is 62. The second-order valence-electron chi connectivity index (χ2n) is 31.4. The fraction of sp³-hybridized carbons (Fsp3) is 0.892. The fourth-order valence-electron chi connectivity index (χ4n) is 14.1. The van der Waals surface area contributed by atoms with Crippen molar-refractivity contribution in [3.05, 3.63) is 48.6 Å². The third-order valence-corrected chi connectivity index (χ3v) is 22.1. The van der Waals surface area contributed by atoms with Crippen molar-refractivity contribution in [3.63, 3.8) is 0 Å². The number of hydrogen-bond donors (Lipinski definition) is 1. The lowest BCUT2D eigenvalue weighted by Gasteiger charge is -2.23. The number of allylic oxidation sites excluding steroid dienone is 8. The lowest BCUT2D eigenvalue weighted by atomic mass is 10.0. The Morgan fingerprint density at radius 3 is 0.767 bits per heavy atom. The lowest BCUT2D eigenvalue weighted by molar-refractivity contribution is -0.161. The van der Waals surface area contributed by atoms with Gasteiger partial charge in [0.2, 0.25) is 0 Å². The number of esters is 2. The molecule has 0 aromatic heterocycles. The van der Waals surface area contributed by atoms with E-state index in [1.54, 1.807) is 0 Å². The number of hydrogen-bond acceptors (Lipinski definition) is 8. The van der Waals surface area contributed by atoms with Gasteiger partial charge in [0.05, 0.1) is 13.2 Å². The predicted molar refractivity (Wildman–Crippen MR) is 451 cm³/mol. The fourth-order valence-corrected chi connectivity index (χ4v) is 14.9. The Hall–Kier alpha value is -2.03. The monoisotopic (exact) mass is 1470 g/mol. The molecule has 0 rings (SSSR count). The molecular weight excluding hydrogens is 1290 g/mol. The second kappa shape index (κ2) is 87.2. The molecule has 608 valence electrons. The molecule has 0 aromatic carbocycles. The van der Waals surface area contributed by atoms with E-state index in [0.717, 1.165) is 64.5 Å². The van der Waals surface area contributed by atoms with Crippen molar-refractivity contribution in [1.82, 2.24) is 4.90 Å². The SMILES string of the molecule is CCCCCCCC/C=C\CCCCCCCCCCCCN(CCCCCCCCCCCC/C=C\CCCCCCCC)CCOP(=O)(O)OC[C@@H](COC(=O)CCCCCCCCCCC/C=C\CCCCCCCC)OC(=O)CCCCCCCCCCC/C=C\CCCCCCCC. The van der Waals surface area contributed by atoms with Gasteiger partial charge in [0.25, 0.3) is 0 Å². The number of ether oxygens (including phenoxy) is 2. The lowest BCUT2D eigenvalue weighted by Crippen LogP contribution is -2.30. The van der Waals surface area contributed by atoms with Crippen LogP contribution in [0.25, 0.3) is 0 Å². The maximum Gasteiger partial charge on any atom is 0.472 e. The summed E-state index contributed by atoms with van der Waals surface area (Å²) in [7, 11) is -4.51. The Morgan fingerprint density at radius 2 is 0.505 bits per heavy atom. The molecule has 0 aromatic rings.